The van der Waals surface area contributed by atoms with Gasteiger partial charge in [-0.15, -0.1) is 0 Å². The third kappa shape index (κ3) is 2.60. The predicted octanol–water partition coefficient (Wildman–Crippen LogP) is 3.21. The number of benzene rings is 1. The number of carbonyl (C=O) groups is 1. The van der Waals surface area contributed by atoms with Crippen LogP contribution in [0.4, 0.5) is 5.69 Å². The van der Waals surface area contributed by atoms with E-state index in [1.807, 2.05) is 13.0 Å². The van der Waals surface area contributed by atoms with E-state index in [1.54, 1.807) is 30.5 Å². The SMILES string of the molecule is Cc1ccc(C#N)cc1NC(=O)c1cc(Br)c[nH]1. The maximum absolute atomic E-state index is 11.9. The summed E-state index contributed by atoms with van der Waals surface area (Å²) < 4.78 is 0.815. The molecule has 0 spiro atoms. The molecule has 0 fully saturated rings. The third-order valence-corrected chi connectivity index (χ3v) is 2.97. The fraction of sp³-hybridized carbons (Fsp3) is 0.0769. The predicted molar refractivity (Wildman–Crippen MR) is 72.3 cm³/mol. The third-order valence-electron chi connectivity index (χ3n) is 2.51. The van der Waals surface area contributed by atoms with E-state index in [4.69, 9.17) is 5.26 Å². The van der Waals surface area contributed by atoms with Crippen LogP contribution in [0.15, 0.2) is 34.9 Å². The van der Waals surface area contributed by atoms with Crippen molar-refractivity contribution >= 4 is 27.5 Å². The first-order valence-electron chi connectivity index (χ1n) is 5.26. The zero-order chi connectivity index (χ0) is 13.1. The molecule has 2 N–H and O–H groups in total. The molecule has 0 saturated heterocycles. The Balaban J connectivity index is 2.24. The van der Waals surface area contributed by atoms with Gasteiger partial charge in [-0.05, 0) is 46.6 Å². The molecule has 0 saturated carbocycles. The van der Waals surface area contributed by atoms with Crippen LogP contribution in [-0.2, 0) is 0 Å². The molecule has 1 aromatic carbocycles. The van der Waals surface area contributed by atoms with Crippen LogP contribution in [0.25, 0.3) is 0 Å². The highest BCUT2D eigenvalue weighted by atomic mass is 79.9. The first kappa shape index (κ1) is 12.4. The highest BCUT2D eigenvalue weighted by molar-refractivity contribution is 9.10. The zero-order valence-corrected chi connectivity index (χ0v) is 11.2. The van der Waals surface area contributed by atoms with Gasteiger partial charge in [-0.3, -0.25) is 4.79 Å². The lowest BCUT2D eigenvalue weighted by atomic mass is 10.1. The number of anilines is 1. The molecule has 0 bridgehead atoms. The van der Waals surface area contributed by atoms with E-state index in [0.717, 1.165) is 10.0 Å². The van der Waals surface area contributed by atoms with E-state index in [1.165, 1.54) is 0 Å². The zero-order valence-electron chi connectivity index (χ0n) is 9.62. The number of hydrogen-bond donors (Lipinski definition) is 2. The number of amides is 1. The van der Waals surface area contributed by atoms with E-state index < -0.39 is 0 Å². The van der Waals surface area contributed by atoms with Gasteiger partial charge in [0.15, 0.2) is 0 Å². The summed E-state index contributed by atoms with van der Waals surface area (Å²) in [5.41, 5.74) is 2.53. The molecule has 0 aliphatic carbocycles. The van der Waals surface area contributed by atoms with Crippen LogP contribution in [-0.4, -0.2) is 10.9 Å². The fourth-order valence-corrected chi connectivity index (χ4v) is 1.86. The second-order valence-corrected chi connectivity index (χ2v) is 4.74. The van der Waals surface area contributed by atoms with Gasteiger partial charge < -0.3 is 10.3 Å². The maximum atomic E-state index is 11.9. The summed E-state index contributed by atoms with van der Waals surface area (Å²) in [6.07, 6.45) is 1.69. The van der Waals surface area contributed by atoms with Gasteiger partial charge >= 0.3 is 0 Å². The van der Waals surface area contributed by atoms with Gasteiger partial charge in [0.1, 0.15) is 5.69 Å². The smallest absolute Gasteiger partial charge is 0.272 e. The Morgan fingerprint density at radius 1 is 1.44 bits per heavy atom. The van der Waals surface area contributed by atoms with Crippen LogP contribution in [0, 0.1) is 18.3 Å². The number of nitrogens with zero attached hydrogens (tertiary/aromatic N) is 1. The van der Waals surface area contributed by atoms with Gasteiger partial charge in [0.2, 0.25) is 0 Å². The molecule has 18 heavy (non-hydrogen) atoms. The van der Waals surface area contributed by atoms with Crippen LogP contribution < -0.4 is 5.32 Å². The second-order valence-electron chi connectivity index (χ2n) is 3.83. The van der Waals surface area contributed by atoms with Crippen LogP contribution in [0.2, 0.25) is 0 Å². The molecule has 5 heteroatoms. The van der Waals surface area contributed by atoms with Crippen molar-refractivity contribution in [3.8, 4) is 6.07 Å². The number of carbonyl (C=O) groups excluding carboxylic acids is 1. The van der Waals surface area contributed by atoms with Crippen LogP contribution in [0.3, 0.4) is 0 Å². The van der Waals surface area contributed by atoms with Crippen molar-refractivity contribution < 1.29 is 4.79 Å². The summed E-state index contributed by atoms with van der Waals surface area (Å²) in [5, 5.41) is 11.6. The number of aryl methyl sites for hydroxylation is 1. The van der Waals surface area contributed by atoms with Gasteiger partial charge in [0.25, 0.3) is 5.91 Å². The summed E-state index contributed by atoms with van der Waals surface area (Å²) in [7, 11) is 0. The average Bonchev–Trinajstić information content (AvgIpc) is 2.79. The quantitative estimate of drug-likeness (QED) is 0.894. The Morgan fingerprint density at radius 3 is 2.83 bits per heavy atom. The standard InChI is InChI=1S/C13H10BrN3O/c1-8-2-3-9(6-15)4-11(8)17-13(18)12-5-10(14)7-16-12/h2-5,7,16H,1H3,(H,17,18). The summed E-state index contributed by atoms with van der Waals surface area (Å²) in [6, 6.07) is 8.92. The van der Waals surface area contributed by atoms with Crippen LogP contribution in [0.1, 0.15) is 21.6 Å². The minimum absolute atomic E-state index is 0.237. The van der Waals surface area contributed by atoms with E-state index in [9.17, 15) is 4.79 Å². The van der Waals surface area contributed by atoms with Crippen molar-refractivity contribution in [2.24, 2.45) is 0 Å². The van der Waals surface area contributed by atoms with Crippen molar-refractivity contribution in [1.82, 2.24) is 4.98 Å². The lowest BCUT2D eigenvalue weighted by Gasteiger charge is -2.07. The Morgan fingerprint density at radius 2 is 2.22 bits per heavy atom. The van der Waals surface area contributed by atoms with Gasteiger partial charge in [0.05, 0.1) is 11.6 Å². The molecule has 0 unspecified atom stereocenters. The first-order valence-corrected chi connectivity index (χ1v) is 6.05. The Bertz CT molecular complexity index is 640. The van der Waals surface area contributed by atoms with E-state index >= 15 is 0 Å². The van der Waals surface area contributed by atoms with E-state index in [2.05, 4.69) is 26.2 Å². The summed E-state index contributed by atoms with van der Waals surface area (Å²) in [6.45, 7) is 1.88. The van der Waals surface area contributed by atoms with Gasteiger partial charge in [-0.25, -0.2) is 0 Å². The fourth-order valence-electron chi connectivity index (χ4n) is 1.51. The molecular weight excluding hydrogens is 294 g/mol. The highest BCUT2D eigenvalue weighted by Gasteiger charge is 2.10. The Labute approximate surface area is 113 Å². The summed E-state index contributed by atoms with van der Waals surface area (Å²) in [5.74, 6) is -0.237. The molecule has 4 nitrogen and oxygen atoms in total. The summed E-state index contributed by atoms with van der Waals surface area (Å²) >= 11 is 3.27. The first-order chi connectivity index (χ1) is 8.60. The minimum atomic E-state index is -0.237. The molecule has 1 heterocycles. The topological polar surface area (TPSA) is 68.7 Å². The number of nitrogens with one attached hydrogen (secondary N) is 2. The molecule has 0 aliphatic rings. The number of halogens is 1. The average molecular weight is 304 g/mol. The van der Waals surface area contributed by atoms with Crippen molar-refractivity contribution in [2.45, 2.75) is 6.92 Å². The Hall–Kier alpha value is -2.06. The molecule has 1 amide bonds. The van der Waals surface area contributed by atoms with Crippen molar-refractivity contribution in [1.29, 1.82) is 5.26 Å². The molecule has 0 aliphatic heterocycles. The Kier molecular flexibility index (Phi) is 3.49. The maximum Gasteiger partial charge on any atom is 0.272 e. The van der Waals surface area contributed by atoms with Crippen LogP contribution >= 0.6 is 15.9 Å². The molecule has 1 aromatic heterocycles. The molecule has 2 aromatic rings. The van der Waals surface area contributed by atoms with E-state index in [-0.39, 0.29) is 5.91 Å². The number of hydrogen-bond acceptors (Lipinski definition) is 2. The van der Waals surface area contributed by atoms with Crippen molar-refractivity contribution in [2.75, 3.05) is 5.32 Å². The lowest BCUT2D eigenvalue weighted by molar-refractivity contribution is 0.102. The molecule has 2 rings (SSSR count). The number of H-pyrrole nitrogens is 1. The second kappa shape index (κ2) is 5.07. The van der Waals surface area contributed by atoms with E-state index in [0.29, 0.717) is 16.9 Å². The molecule has 0 atom stereocenters. The summed E-state index contributed by atoms with van der Waals surface area (Å²) in [4.78, 5) is 14.8. The van der Waals surface area contributed by atoms with Gasteiger partial charge in [-0.1, -0.05) is 6.07 Å². The molecular formula is C13H10BrN3O. The minimum Gasteiger partial charge on any atom is -0.356 e. The lowest BCUT2D eigenvalue weighted by Crippen LogP contribution is -2.13. The normalized spacial score (nSPS) is 9.83. The van der Waals surface area contributed by atoms with Crippen molar-refractivity contribution in [3.05, 3.63) is 51.8 Å². The van der Waals surface area contributed by atoms with Gasteiger partial charge in [0, 0.05) is 16.4 Å². The van der Waals surface area contributed by atoms with Crippen molar-refractivity contribution in [3.63, 3.8) is 0 Å². The highest BCUT2D eigenvalue weighted by Crippen LogP contribution is 2.18. The molecule has 90 valence electrons. The monoisotopic (exact) mass is 303 g/mol. The van der Waals surface area contributed by atoms with Gasteiger partial charge in [-0.2, -0.15) is 5.26 Å². The number of nitriles is 1. The number of rotatable bonds is 2. The largest absolute Gasteiger partial charge is 0.356 e. The number of aromatic nitrogens is 1. The molecule has 0 radical (unpaired) electrons. The van der Waals surface area contributed by atoms with Crippen LogP contribution in [0.5, 0.6) is 0 Å². The number of aromatic amines is 1.